The Morgan fingerprint density at radius 1 is 1.32 bits per heavy atom. The number of nitrogens with zero attached hydrogens (tertiary/aromatic N) is 3. The number of likely N-dealkylation sites (tertiary alicyclic amines) is 1. The van der Waals surface area contributed by atoms with Gasteiger partial charge in [0.15, 0.2) is 0 Å². The zero-order chi connectivity index (χ0) is 17.8. The maximum atomic E-state index is 12.7. The van der Waals surface area contributed by atoms with Crippen molar-refractivity contribution in [1.82, 2.24) is 14.8 Å². The maximum Gasteiger partial charge on any atom is 0.306 e. The predicted molar refractivity (Wildman–Crippen MR) is 86.3 cm³/mol. The fourth-order valence-corrected chi connectivity index (χ4v) is 3.27. The number of carboxylic acid groups (broad SMARTS) is 1. The van der Waals surface area contributed by atoms with Crippen molar-refractivity contribution in [2.75, 3.05) is 26.2 Å². The highest BCUT2D eigenvalue weighted by Gasteiger charge is 2.38. The number of carboxylic acids is 1. The van der Waals surface area contributed by atoms with Gasteiger partial charge < -0.3 is 19.6 Å². The summed E-state index contributed by atoms with van der Waals surface area (Å²) in [5.74, 6) is -1.49. The van der Waals surface area contributed by atoms with Crippen molar-refractivity contribution >= 4 is 17.8 Å². The average Bonchev–Trinajstić information content (AvgIpc) is 2.95. The highest BCUT2D eigenvalue weighted by Crippen LogP contribution is 2.23. The van der Waals surface area contributed by atoms with E-state index in [1.807, 2.05) is 18.2 Å². The van der Waals surface area contributed by atoms with E-state index in [4.69, 9.17) is 9.84 Å². The van der Waals surface area contributed by atoms with E-state index in [2.05, 4.69) is 4.98 Å². The van der Waals surface area contributed by atoms with Crippen molar-refractivity contribution in [3.05, 3.63) is 30.1 Å². The van der Waals surface area contributed by atoms with Gasteiger partial charge >= 0.3 is 5.97 Å². The number of pyridine rings is 1. The minimum Gasteiger partial charge on any atom is -0.481 e. The highest BCUT2D eigenvalue weighted by atomic mass is 16.5. The third-order valence-electron chi connectivity index (χ3n) is 4.50. The summed E-state index contributed by atoms with van der Waals surface area (Å²) in [6, 6.07) is 5.52. The Balaban J connectivity index is 1.57. The van der Waals surface area contributed by atoms with Crippen LogP contribution in [0.2, 0.25) is 0 Å². The molecule has 0 unspecified atom stereocenters. The monoisotopic (exact) mass is 347 g/mol. The fraction of sp³-hybridized carbons (Fsp3) is 0.529. The third kappa shape index (κ3) is 4.33. The molecule has 25 heavy (non-hydrogen) atoms. The van der Waals surface area contributed by atoms with Crippen molar-refractivity contribution < 1.29 is 24.2 Å². The summed E-state index contributed by atoms with van der Waals surface area (Å²) in [6.45, 7) is 1.78. The van der Waals surface area contributed by atoms with Gasteiger partial charge in [0.1, 0.15) is 0 Å². The van der Waals surface area contributed by atoms with Crippen molar-refractivity contribution in [3.63, 3.8) is 0 Å². The van der Waals surface area contributed by atoms with E-state index in [0.29, 0.717) is 26.2 Å². The molecule has 3 heterocycles. The van der Waals surface area contributed by atoms with Crippen LogP contribution >= 0.6 is 0 Å². The molecule has 2 atom stereocenters. The largest absolute Gasteiger partial charge is 0.481 e. The zero-order valence-corrected chi connectivity index (χ0v) is 13.8. The lowest BCUT2D eigenvalue weighted by atomic mass is 10.1. The first-order valence-corrected chi connectivity index (χ1v) is 8.33. The smallest absolute Gasteiger partial charge is 0.306 e. The Morgan fingerprint density at radius 3 is 2.88 bits per heavy atom. The van der Waals surface area contributed by atoms with Crippen LogP contribution in [0.25, 0.3) is 0 Å². The number of aromatic nitrogens is 1. The van der Waals surface area contributed by atoms with Crippen molar-refractivity contribution in [2.24, 2.45) is 5.92 Å². The molecule has 2 amide bonds. The van der Waals surface area contributed by atoms with Crippen molar-refractivity contribution in [3.8, 4) is 0 Å². The number of aliphatic carboxylic acids is 1. The van der Waals surface area contributed by atoms with E-state index in [1.165, 1.54) is 0 Å². The molecule has 8 nitrogen and oxygen atoms in total. The lowest BCUT2D eigenvalue weighted by Crippen LogP contribution is -2.48. The van der Waals surface area contributed by atoms with Crippen LogP contribution in [-0.4, -0.2) is 70.0 Å². The number of ether oxygens (including phenoxy) is 1. The fourth-order valence-electron chi connectivity index (χ4n) is 3.27. The number of carbonyl (C=O) groups excluding carboxylic acids is 2. The molecule has 8 heteroatoms. The number of carbonyl (C=O) groups is 3. The summed E-state index contributed by atoms with van der Waals surface area (Å²) >= 11 is 0. The number of rotatable bonds is 5. The molecule has 1 N–H and O–H groups in total. The summed E-state index contributed by atoms with van der Waals surface area (Å²) in [5, 5.41) is 8.87. The Labute approximate surface area is 145 Å². The molecular formula is C17H21N3O5. The topological polar surface area (TPSA) is 100 Å². The second kappa shape index (κ2) is 7.60. The summed E-state index contributed by atoms with van der Waals surface area (Å²) < 4.78 is 5.39. The lowest BCUT2D eigenvalue weighted by molar-refractivity contribution is -0.149. The highest BCUT2D eigenvalue weighted by molar-refractivity contribution is 5.89. The Morgan fingerprint density at radius 2 is 2.16 bits per heavy atom. The molecule has 0 aliphatic carbocycles. The maximum absolute atomic E-state index is 12.7. The molecule has 1 aromatic rings. The molecule has 0 saturated carbocycles. The third-order valence-corrected chi connectivity index (χ3v) is 4.50. The summed E-state index contributed by atoms with van der Waals surface area (Å²) in [7, 11) is 0. The van der Waals surface area contributed by atoms with Crippen LogP contribution in [0.1, 0.15) is 18.5 Å². The van der Waals surface area contributed by atoms with E-state index < -0.39 is 12.1 Å². The first kappa shape index (κ1) is 17.3. The van der Waals surface area contributed by atoms with E-state index in [1.54, 1.807) is 16.0 Å². The minimum absolute atomic E-state index is 0.0562. The molecule has 3 rings (SSSR count). The standard InChI is InChI=1S/C17H21N3O5/c21-15-7-12(9-20(15)10-13-3-1-2-4-18-13)17(24)19-5-6-25-14(11-19)8-16(22)23/h1-4,12,14H,5-11H2,(H,22,23)/t12-,14+/m0/s1. The molecule has 2 aliphatic heterocycles. The molecule has 2 saturated heterocycles. The molecule has 0 bridgehead atoms. The minimum atomic E-state index is -0.947. The normalized spacial score (nSPS) is 23.8. The van der Waals surface area contributed by atoms with Gasteiger partial charge in [0.05, 0.1) is 37.3 Å². The zero-order valence-electron chi connectivity index (χ0n) is 13.8. The summed E-state index contributed by atoms with van der Waals surface area (Å²) in [6.07, 6.45) is 1.25. The van der Waals surface area contributed by atoms with Gasteiger partial charge in [-0.15, -0.1) is 0 Å². The molecule has 0 aromatic carbocycles. The summed E-state index contributed by atoms with van der Waals surface area (Å²) in [5.41, 5.74) is 0.789. The van der Waals surface area contributed by atoms with E-state index >= 15 is 0 Å². The van der Waals surface area contributed by atoms with Gasteiger partial charge in [-0.05, 0) is 12.1 Å². The summed E-state index contributed by atoms with van der Waals surface area (Å²) in [4.78, 5) is 43.2. The SMILES string of the molecule is O=C(O)C[C@@H]1CN(C(=O)[C@H]2CC(=O)N(Cc3ccccn3)C2)CCO1. The predicted octanol–water partition coefficient (Wildman–Crippen LogP) is 0.132. The molecule has 2 fully saturated rings. The van der Waals surface area contributed by atoms with Crippen LogP contribution in [0, 0.1) is 5.92 Å². The average molecular weight is 347 g/mol. The number of morpholine rings is 1. The van der Waals surface area contributed by atoms with Gasteiger partial charge in [0, 0.05) is 32.3 Å². The van der Waals surface area contributed by atoms with Gasteiger partial charge in [0.25, 0.3) is 0 Å². The van der Waals surface area contributed by atoms with Gasteiger partial charge in [-0.1, -0.05) is 6.07 Å². The Hall–Kier alpha value is -2.48. The molecule has 1 aromatic heterocycles. The van der Waals surface area contributed by atoms with Gasteiger partial charge in [-0.3, -0.25) is 19.4 Å². The number of hydrogen-bond acceptors (Lipinski definition) is 5. The first-order valence-electron chi connectivity index (χ1n) is 8.33. The molecular weight excluding hydrogens is 326 g/mol. The van der Waals surface area contributed by atoms with Crippen LogP contribution in [0.3, 0.4) is 0 Å². The Kier molecular flexibility index (Phi) is 5.28. The van der Waals surface area contributed by atoms with Crippen LogP contribution < -0.4 is 0 Å². The number of hydrogen-bond donors (Lipinski definition) is 1. The van der Waals surface area contributed by atoms with E-state index in [-0.39, 0.29) is 37.1 Å². The first-order chi connectivity index (χ1) is 12.0. The van der Waals surface area contributed by atoms with Gasteiger partial charge in [0.2, 0.25) is 11.8 Å². The lowest BCUT2D eigenvalue weighted by Gasteiger charge is -2.33. The molecule has 0 radical (unpaired) electrons. The van der Waals surface area contributed by atoms with E-state index in [9.17, 15) is 14.4 Å². The second-order valence-corrected chi connectivity index (χ2v) is 6.37. The molecule has 2 aliphatic rings. The van der Waals surface area contributed by atoms with Crippen molar-refractivity contribution in [1.29, 1.82) is 0 Å². The number of amides is 2. The molecule has 134 valence electrons. The molecule has 0 spiro atoms. The van der Waals surface area contributed by atoms with Gasteiger partial charge in [-0.2, -0.15) is 0 Å². The van der Waals surface area contributed by atoms with Crippen LogP contribution in [0.5, 0.6) is 0 Å². The second-order valence-electron chi connectivity index (χ2n) is 6.37. The van der Waals surface area contributed by atoms with Crippen LogP contribution in [0.15, 0.2) is 24.4 Å². The van der Waals surface area contributed by atoms with Crippen LogP contribution in [-0.2, 0) is 25.7 Å². The van der Waals surface area contributed by atoms with E-state index in [0.717, 1.165) is 5.69 Å². The van der Waals surface area contributed by atoms with Crippen LogP contribution in [0.4, 0.5) is 0 Å². The van der Waals surface area contributed by atoms with Gasteiger partial charge in [-0.25, -0.2) is 0 Å². The van der Waals surface area contributed by atoms with Crippen molar-refractivity contribution in [2.45, 2.75) is 25.5 Å². The Bertz CT molecular complexity index is 651. The quantitative estimate of drug-likeness (QED) is 0.813.